The molecule has 0 bridgehead atoms. The molecule has 0 fully saturated rings. The highest BCUT2D eigenvalue weighted by molar-refractivity contribution is 8.13. The van der Waals surface area contributed by atoms with Gasteiger partial charge in [-0.1, -0.05) is 0 Å². The maximum absolute atomic E-state index is 12.9. The van der Waals surface area contributed by atoms with Crippen LogP contribution in [-0.4, -0.2) is 13.4 Å². The minimum atomic E-state index is -4.56. The van der Waals surface area contributed by atoms with Crippen LogP contribution in [0.5, 0.6) is 0 Å². The lowest BCUT2D eigenvalue weighted by atomic mass is 10.1. The fraction of sp³-hybridized carbons (Fsp3) is 0.143. The predicted molar refractivity (Wildman–Crippen MR) is 46.9 cm³/mol. The van der Waals surface area contributed by atoms with E-state index in [1.807, 2.05) is 0 Å². The van der Waals surface area contributed by atoms with Crippen LogP contribution in [0.3, 0.4) is 0 Å². The van der Waals surface area contributed by atoms with Gasteiger partial charge in [0.1, 0.15) is 11.6 Å². The lowest BCUT2D eigenvalue weighted by molar-refractivity contribution is 0.146. The molecule has 1 heterocycles. The summed E-state index contributed by atoms with van der Waals surface area (Å²) < 4.78 is 59.7. The molecule has 1 aromatic heterocycles. The summed E-state index contributed by atoms with van der Waals surface area (Å²) in [6, 6.07) is 1.14. The van der Waals surface area contributed by atoms with Crippen LogP contribution >= 0.6 is 10.7 Å². The first-order chi connectivity index (χ1) is 7.29. The summed E-state index contributed by atoms with van der Waals surface area (Å²) in [5, 5.41) is 7.24. The Labute approximate surface area is 92.7 Å². The Bertz CT molecular complexity index is 568. The molecule has 16 heavy (non-hydrogen) atoms. The number of nitrogens with zero attached hydrogens (tertiary/aromatic N) is 2. The van der Waals surface area contributed by atoms with Crippen molar-refractivity contribution in [2.24, 2.45) is 0 Å². The van der Waals surface area contributed by atoms with Crippen LogP contribution in [0.4, 0.5) is 13.2 Å². The van der Waals surface area contributed by atoms with E-state index in [-0.39, 0.29) is 0 Å². The Balaban J connectivity index is 3.74. The van der Waals surface area contributed by atoms with Gasteiger partial charge in [-0.15, -0.1) is 0 Å². The topological polar surface area (TPSA) is 70.8 Å². The van der Waals surface area contributed by atoms with E-state index >= 15 is 0 Å². The number of hydrogen-bond acceptors (Lipinski definition) is 4. The van der Waals surface area contributed by atoms with Crippen molar-refractivity contribution in [1.82, 2.24) is 4.98 Å². The second-order valence-corrected chi connectivity index (χ2v) is 5.03. The zero-order valence-corrected chi connectivity index (χ0v) is 8.86. The van der Waals surface area contributed by atoms with E-state index in [1.54, 1.807) is 0 Å². The van der Waals surface area contributed by atoms with E-state index < -0.39 is 37.4 Å². The maximum atomic E-state index is 12.9. The standard InChI is InChI=1S/C7H2ClF3N2O2S/c8-16(14,15)7-5(6(10)11)3(1-12)4(9)2-13-7/h2,6H. The van der Waals surface area contributed by atoms with Gasteiger partial charge in [-0.2, -0.15) is 5.26 Å². The minimum absolute atomic E-state index is 0.347. The molecule has 0 radical (unpaired) electrons. The Morgan fingerprint density at radius 1 is 1.50 bits per heavy atom. The first-order valence-electron chi connectivity index (χ1n) is 3.60. The number of halogens is 4. The van der Waals surface area contributed by atoms with Gasteiger partial charge < -0.3 is 0 Å². The Morgan fingerprint density at radius 2 is 2.06 bits per heavy atom. The van der Waals surface area contributed by atoms with Crippen molar-refractivity contribution in [2.75, 3.05) is 0 Å². The summed E-state index contributed by atoms with van der Waals surface area (Å²) in [5.74, 6) is -1.33. The third-order valence-electron chi connectivity index (χ3n) is 1.59. The van der Waals surface area contributed by atoms with Crippen LogP contribution in [0.15, 0.2) is 11.2 Å². The summed E-state index contributed by atoms with van der Waals surface area (Å²) in [4.78, 5) is 2.95. The molecule has 1 aromatic rings. The second kappa shape index (κ2) is 4.27. The molecule has 9 heteroatoms. The molecule has 4 nitrogen and oxygen atoms in total. The number of hydrogen-bond donors (Lipinski definition) is 0. The minimum Gasteiger partial charge on any atom is -0.240 e. The van der Waals surface area contributed by atoms with E-state index in [2.05, 4.69) is 4.98 Å². The maximum Gasteiger partial charge on any atom is 0.279 e. The summed E-state index contributed by atoms with van der Waals surface area (Å²) >= 11 is 0. The Morgan fingerprint density at radius 3 is 2.44 bits per heavy atom. The molecular formula is C7H2ClF3N2O2S. The fourth-order valence-electron chi connectivity index (χ4n) is 0.995. The van der Waals surface area contributed by atoms with E-state index in [0.29, 0.717) is 6.20 Å². The van der Waals surface area contributed by atoms with Crippen LogP contribution < -0.4 is 0 Å². The van der Waals surface area contributed by atoms with Gasteiger partial charge >= 0.3 is 0 Å². The van der Waals surface area contributed by atoms with Crippen LogP contribution in [0.25, 0.3) is 0 Å². The first-order valence-corrected chi connectivity index (χ1v) is 5.91. The molecule has 0 spiro atoms. The van der Waals surface area contributed by atoms with Crippen molar-refractivity contribution in [3.05, 3.63) is 23.1 Å². The molecule has 0 aromatic carbocycles. The predicted octanol–water partition coefficient (Wildman–Crippen LogP) is 1.96. The third-order valence-corrected chi connectivity index (χ3v) is 2.82. The number of nitriles is 1. The average Bonchev–Trinajstić information content (AvgIpc) is 2.14. The normalized spacial score (nSPS) is 11.5. The summed E-state index contributed by atoms with van der Waals surface area (Å²) in [6.45, 7) is 0. The molecule has 86 valence electrons. The number of pyridine rings is 1. The molecule has 0 N–H and O–H groups in total. The number of rotatable bonds is 2. The van der Waals surface area contributed by atoms with Crippen molar-refractivity contribution >= 4 is 19.7 Å². The van der Waals surface area contributed by atoms with Gasteiger partial charge in [0.25, 0.3) is 15.5 Å². The zero-order valence-electron chi connectivity index (χ0n) is 7.29. The molecule has 0 saturated heterocycles. The second-order valence-electron chi connectivity index (χ2n) is 2.55. The van der Waals surface area contributed by atoms with Gasteiger partial charge in [0.05, 0.1) is 11.8 Å². The van der Waals surface area contributed by atoms with Crippen LogP contribution in [-0.2, 0) is 9.05 Å². The summed E-state index contributed by atoms with van der Waals surface area (Å²) in [7, 11) is 0.269. The van der Waals surface area contributed by atoms with Crippen molar-refractivity contribution < 1.29 is 21.6 Å². The van der Waals surface area contributed by atoms with Crippen LogP contribution in [0, 0.1) is 17.1 Å². The van der Waals surface area contributed by atoms with Crippen molar-refractivity contribution in [3.8, 4) is 6.07 Å². The highest BCUT2D eigenvalue weighted by Crippen LogP contribution is 2.30. The largest absolute Gasteiger partial charge is 0.279 e. The number of alkyl halides is 2. The van der Waals surface area contributed by atoms with Gasteiger partial charge in [0, 0.05) is 10.7 Å². The first kappa shape index (κ1) is 12.7. The zero-order chi connectivity index (χ0) is 12.5. The van der Waals surface area contributed by atoms with Gasteiger partial charge in [-0.3, -0.25) is 0 Å². The van der Waals surface area contributed by atoms with Gasteiger partial charge in [-0.25, -0.2) is 26.6 Å². The molecule has 1 rings (SSSR count). The lowest BCUT2D eigenvalue weighted by Gasteiger charge is -2.07. The smallest absolute Gasteiger partial charge is 0.240 e. The van der Waals surface area contributed by atoms with Crippen molar-refractivity contribution in [2.45, 2.75) is 11.5 Å². The molecule has 0 aliphatic heterocycles. The van der Waals surface area contributed by atoms with Crippen molar-refractivity contribution in [3.63, 3.8) is 0 Å². The fourth-order valence-corrected chi connectivity index (χ4v) is 2.00. The molecule has 0 amide bonds. The third kappa shape index (κ3) is 2.25. The van der Waals surface area contributed by atoms with E-state index in [9.17, 15) is 21.6 Å². The van der Waals surface area contributed by atoms with E-state index in [4.69, 9.17) is 15.9 Å². The highest BCUT2D eigenvalue weighted by Gasteiger charge is 2.29. The molecule has 0 unspecified atom stereocenters. The molecule has 0 aliphatic rings. The summed E-state index contributed by atoms with van der Waals surface area (Å²) in [5.41, 5.74) is -2.40. The summed E-state index contributed by atoms with van der Waals surface area (Å²) in [6.07, 6.45) is -3.03. The average molecular weight is 271 g/mol. The molecule has 0 atom stereocenters. The molecular weight excluding hydrogens is 269 g/mol. The van der Waals surface area contributed by atoms with E-state index in [0.717, 1.165) is 6.07 Å². The van der Waals surface area contributed by atoms with Crippen LogP contribution in [0.2, 0.25) is 0 Å². The van der Waals surface area contributed by atoms with Crippen LogP contribution in [0.1, 0.15) is 17.6 Å². The molecule has 0 saturated carbocycles. The Kier molecular flexibility index (Phi) is 3.40. The van der Waals surface area contributed by atoms with Gasteiger partial charge in [0.2, 0.25) is 0 Å². The highest BCUT2D eigenvalue weighted by atomic mass is 35.7. The SMILES string of the molecule is N#Cc1c(F)cnc(S(=O)(=O)Cl)c1C(F)F. The van der Waals surface area contributed by atoms with Gasteiger partial charge in [-0.05, 0) is 0 Å². The number of aromatic nitrogens is 1. The molecule has 0 aliphatic carbocycles. The quantitative estimate of drug-likeness (QED) is 0.770. The van der Waals surface area contributed by atoms with Gasteiger partial charge in [0.15, 0.2) is 10.8 Å². The monoisotopic (exact) mass is 270 g/mol. The lowest BCUT2D eigenvalue weighted by Crippen LogP contribution is -2.07. The van der Waals surface area contributed by atoms with Crippen molar-refractivity contribution in [1.29, 1.82) is 5.26 Å². The van der Waals surface area contributed by atoms with E-state index in [1.165, 1.54) is 0 Å². The Hall–Kier alpha value is -1.33.